The number of rotatable bonds is 9. The molecule has 1 N–H and O–H groups in total. The molecule has 3 rings (SSSR count). The number of carbonyl (C=O) groups is 2. The molecule has 1 aromatic carbocycles. The molecule has 1 aromatic rings. The van der Waals surface area contributed by atoms with Crippen LogP contribution >= 0.6 is 11.8 Å². The van der Waals surface area contributed by atoms with Crippen molar-refractivity contribution in [2.45, 2.75) is 30.7 Å². The van der Waals surface area contributed by atoms with E-state index in [1.807, 2.05) is 18.2 Å². The Morgan fingerprint density at radius 2 is 1.93 bits per heavy atom. The van der Waals surface area contributed by atoms with E-state index in [-0.39, 0.29) is 23.1 Å². The molecule has 1 aliphatic carbocycles. The topological polar surface area (TPSA) is 77.1 Å². The molecule has 2 unspecified atom stereocenters. The third-order valence-corrected chi connectivity index (χ3v) is 6.32. The fraction of sp³-hybridized carbons (Fsp3) is 0.600. The number of thioether (sulfide) groups is 1. The maximum atomic E-state index is 13.0. The predicted molar refractivity (Wildman–Crippen MR) is 108 cm³/mol. The van der Waals surface area contributed by atoms with Gasteiger partial charge in [0.2, 0.25) is 11.8 Å². The van der Waals surface area contributed by atoms with Gasteiger partial charge in [-0.1, -0.05) is 6.07 Å². The van der Waals surface area contributed by atoms with Gasteiger partial charge in [0, 0.05) is 31.9 Å². The van der Waals surface area contributed by atoms with Gasteiger partial charge in [-0.25, -0.2) is 0 Å². The molecule has 7 nitrogen and oxygen atoms in total. The van der Waals surface area contributed by atoms with Crippen LogP contribution in [-0.2, 0) is 14.3 Å². The van der Waals surface area contributed by atoms with E-state index >= 15 is 0 Å². The minimum atomic E-state index is -0.459. The number of nitrogens with zero attached hydrogens (tertiary/aromatic N) is 1. The zero-order chi connectivity index (χ0) is 20.1. The summed E-state index contributed by atoms with van der Waals surface area (Å²) >= 11 is 1.61. The molecule has 1 heterocycles. The zero-order valence-corrected chi connectivity index (χ0v) is 17.4. The van der Waals surface area contributed by atoms with Crippen molar-refractivity contribution in [2.24, 2.45) is 5.92 Å². The summed E-state index contributed by atoms with van der Waals surface area (Å²) < 4.78 is 15.7. The lowest BCUT2D eigenvalue weighted by Crippen LogP contribution is -2.48. The van der Waals surface area contributed by atoms with Crippen LogP contribution in [0.4, 0.5) is 0 Å². The van der Waals surface area contributed by atoms with Gasteiger partial charge in [-0.05, 0) is 37.0 Å². The van der Waals surface area contributed by atoms with Crippen molar-refractivity contribution in [2.75, 3.05) is 40.2 Å². The lowest BCUT2D eigenvalue weighted by molar-refractivity contribution is -0.140. The number of benzene rings is 1. The average molecular weight is 409 g/mol. The summed E-state index contributed by atoms with van der Waals surface area (Å²) in [5.41, 5.74) is 0.936. The van der Waals surface area contributed by atoms with E-state index in [1.54, 1.807) is 38.0 Å². The Morgan fingerprint density at radius 1 is 1.18 bits per heavy atom. The lowest BCUT2D eigenvalue weighted by atomic mass is 10.1. The fourth-order valence-electron chi connectivity index (χ4n) is 3.33. The van der Waals surface area contributed by atoms with Crippen LogP contribution in [-0.4, -0.2) is 63.0 Å². The van der Waals surface area contributed by atoms with Gasteiger partial charge in [-0.15, -0.1) is 11.8 Å². The van der Waals surface area contributed by atoms with E-state index in [4.69, 9.17) is 14.2 Å². The molecule has 2 atom stereocenters. The van der Waals surface area contributed by atoms with Crippen LogP contribution in [0.1, 0.15) is 30.2 Å². The minimum absolute atomic E-state index is 0.0464. The summed E-state index contributed by atoms with van der Waals surface area (Å²) in [6.07, 6.45) is 2.56. The van der Waals surface area contributed by atoms with Crippen molar-refractivity contribution in [1.82, 2.24) is 10.2 Å². The first kappa shape index (κ1) is 20.8. The van der Waals surface area contributed by atoms with Gasteiger partial charge in [0.15, 0.2) is 11.5 Å². The van der Waals surface area contributed by atoms with Crippen molar-refractivity contribution in [3.05, 3.63) is 23.8 Å². The van der Waals surface area contributed by atoms with Gasteiger partial charge < -0.3 is 24.4 Å². The first-order valence-electron chi connectivity index (χ1n) is 9.53. The van der Waals surface area contributed by atoms with Gasteiger partial charge in [-0.3, -0.25) is 9.59 Å². The number of amides is 2. The molecule has 1 aliphatic heterocycles. The van der Waals surface area contributed by atoms with Crippen LogP contribution in [0.2, 0.25) is 0 Å². The third kappa shape index (κ3) is 4.55. The molecule has 0 aromatic heterocycles. The average Bonchev–Trinajstić information content (AvgIpc) is 3.48. The lowest BCUT2D eigenvalue weighted by Gasteiger charge is -2.29. The predicted octanol–water partition coefficient (Wildman–Crippen LogP) is 2.21. The number of carbonyl (C=O) groups excluding carboxylic acids is 2. The Morgan fingerprint density at radius 3 is 2.57 bits per heavy atom. The molecule has 154 valence electrons. The molecule has 0 radical (unpaired) electrons. The maximum absolute atomic E-state index is 13.0. The number of hydrogen-bond donors (Lipinski definition) is 1. The Kier molecular flexibility index (Phi) is 7.07. The van der Waals surface area contributed by atoms with Gasteiger partial charge in [-0.2, -0.15) is 0 Å². The molecule has 0 spiro atoms. The Balaban J connectivity index is 1.79. The molecule has 2 aliphatic rings. The second kappa shape index (κ2) is 9.52. The summed E-state index contributed by atoms with van der Waals surface area (Å²) in [5.74, 6) is 1.86. The van der Waals surface area contributed by atoms with Gasteiger partial charge in [0.05, 0.1) is 14.2 Å². The Bertz CT molecular complexity index is 710. The molecule has 8 heteroatoms. The van der Waals surface area contributed by atoms with E-state index in [0.717, 1.165) is 24.8 Å². The van der Waals surface area contributed by atoms with Crippen molar-refractivity contribution in [3.8, 4) is 11.5 Å². The smallest absolute Gasteiger partial charge is 0.243 e. The molecular formula is C20H28N2O5S. The van der Waals surface area contributed by atoms with Crippen LogP contribution in [0.25, 0.3) is 0 Å². The van der Waals surface area contributed by atoms with Crippen LogP contribution in [0.3, 0.4) is 0 Å². The SMILES string of the molecule is COCCCNC(=O)C1CSC(c2ccc(OC)c(OC)c2)N1C(=O)C1CC1. The summed E-state index contributed by atoms with van der Waals surface area (Å²) in [4.78, 5) is 27.6. The van der Waals surface area contributed by atoms with Crippen molar-refractivity contribution < 1.29 is 23.8 Å². The summed E-state index contributed by atoms with van der Waals surface area (Å²) in [6, 6.07) is 5.21. The fourth-order valence-corrected chi connectivity index (χ4v) is 4.75. The van der Waals surface area contributed by atoms with Crippen molar-refractivity contribution in [3.63, 3.8) is 0 Å². The highest BCUT2D eigenvalue weighted by molar-refractivity contribution is 7.99. The van der Waals surface area contributed by atoms with Gasteiger partial charge >= 0.3 is 0 Å². The van der Waals surface area contributed by atoms with Gasteiger partial charge in [0.25, 0.3) is 0 Å². The molecule has 0 bridgehead atoms. The van der Waals surface area contributed by atoms with E-state index in [2.05, 4.69) is 5.32 Å². The Hall–Kier alpha value is -1.93. The minimum Gasteiger partial charge on any atom is -0.493 e. The molecular weight excluding hydrogens is 380 g/mol. The van der Waals surface area contributed by atoms with Crippen LogP contribution in [0.5, 0.6) is 11.5 Å². The summed E-state index contributed by atoms with van der Waals surface area (Å²) in [6.45, 7) is 1.14. The highest BCUT2D eigenvalue weighted by atomic mass is 32.2. The highest BCUT2D eigenvalue weighted by Crippen LogP contribution is 2.46. The maximum Gasteiger partial charge on any atom is 0.243 e. The number of hydrogen-bond acceptors (Lipinski definition) is 6. The van der Waals surface area contributed by atoms with Crippen LogP contribution < -0.4 is 14.8 Å². The zero-order valence-electron chi connectivity index (χ0n) is 16.6. The van der Waals surface area contributed by atoms with E-state index < -0.39 is 6.04 Å². The molecule has 28 heavy (non-hydrogen) atoms. The Labute approximate surface area is 170 Å². The highest BCUT2D eigenvalue weighted by Gasteiger charge is 2.46. The first-order valence-corrected chi connectivity index (χ1v) is 10.6. The largest absolute Gasteiger partial charge is 0.493 e. The second-order valence-electron chi connectivity index (χ2n) is 6.97. The van der Waals surface area contributed by atoms with E-state index in [9.17, 15) is 9.59 Å². The quantitative estimate of drug-likeness (QED) is 0.632. The van der Waals surface area contributed by atoms with Crippen molar-refractivity contribution in [1.29, 1.82) is 0 Å². The van der Waals surface area contributed by atoms with Crippen LogP contribution in [0.15, 0.2) is 18.2 Å². The molecule has 2 fully saturated rings. The molecule has 1 saturated heterocycles. The van der Waals surface area contributed by atoms with E-state index in [0.29, 0.717) is 30.4 Å². The molecule has 1 saturated carbocycles. The monoisotopic (exact) mass is 408 g/mol. The first-order chi connectivity index (χ1) is 13.6. The number of ether oxygens (including phenoxy) is 3. The van der Waals surface area contributed by atoms with Crippen LogP contribution in [0, 0.1) is 5.92 Å². The van der Waals surface area contributed by atoms with E-state index in [1.165, 1.54) is 0 Å². The summed E-state index contributed by atoms with van der Waals surface area (Å²) in [5, 5.41) is 2.74. The normalized spacial score (nSPS) is 21.5. The number of nitrogens with one attached hydrogen (secondary N) is 1. The standard InChI is InChI=1S/C20H28N2O5S/c1-25-10-4-9-21-18(23)15-12-28-20(22(15)19(24)13-5-6-13)14-7-8-16(26-2)17(11-14)27-3/h7-8,11,13,15,20H,4-6,9-10,12H2,1-3H3,(H,21,23). The van der Waals surface area contributed by atoms with Crippen molar-refractivity contribution >= 4 is 23.6 Å². The number of methoxy groups -OCH3 is 3. The second-order valence-corrected chi connectivity index (χ2v) is 8.09. The third-order valence-electron chi connectivity index (χ3n) is 5.00. The summed E-state index contributed by atoms with van der Waals surface area (Å²) in [7, 11) is 4.82. The van der Waals surface area contributed by atoms with Gasteiger partial charge in [0.1, 0.15) is 11.4 Å². The molecule has 2 amide bonds.